The molecule has 94 valence electrons. The van der Waals surface area contributed by atoms with Gasteiger partial charge in [0.05, 0.1) is 7.11 Å². The highest BCUT2D eigenvalue weighted by Gasteiger charge is 2.07. The summed E-state index contributed by atoms with van der Waals surface area (Å²) in [5.41, 5.74) is 1.21. The maximum Gasteiger partial charge on any atom is 0.308 e. The van der Waals surface area contributed by atoms with Crippen LogP contribution in [0.1, 0.15) is 38.7 Å². The lowest BCUT2D eigenvalue weighted by Crippen LogP contribution is -2.03. The molecule has 0 N–H and O–H groups in total. The van der Waals surface area contributed by atoms with Crippen LogP contribution in [0, 0.1) is 0 Å². The zero-order valence-electron chi connectivity index (χ0n) is 10.8. The molecule has 0 heterocycles. The van der Waals surface area contributed by atoms with Crippen molar-refractivity contribution in [3.05, 3.63) is 23.8 Å². The molecule has 0 amide bonds. The third kappa shape index (κ3) is 4.47. The van der Waals surface area contributed by atoms with Gasteiger partial charge in [0.2, 0.25) is 0 Å². The molecule has 0 aromatic heterocycles. The number of esters is 1. The molecule has 0 unspecified atom stereocenters. The van der Waals surface area contributed by atoms with Crippen LogP contribution in [-0.4, -0.2) is 13.1 Å². The summed E-state index contributed by atoms with van der Waals surface area (Å²) in [5, 5.41) is 0. The summed E-state index contributed by atoms with van der Waals surface area (Å²) in [6.07, 6.45) is 4.65. The number of rotatable bonds is 6. The van der Waals surface area contributed by atoms with Gasteiger partial charge in [-0.25, -0.2) is 0 Å². The first-order valence-electron chi connectivity index (χ1n) is 6.02. The molecule has 0 atom stereocenters. The number of ether oxygens (including phenoxy) is 2. The molecular weight excluding hydrogens is 216 g/mol. The Balaban J connectivity index is 2.73. The third-order valence-corrected chi connectivity index (χ3v) is 2.55. The molecule has 1 aromatic carbocycles. The summed E-state index contributed by atoms with van der Waals surface area (Å²) in [6.45, 7) is 3.57. The van der Waals surface area contributed by atoms with Gasteiger partial charge in [-0.15, -0.1) is 0 Å². The number of methoxy groups -OCH3 is 1. The largest absolute Gasteiger partial charge is 0.493 e. The van der Waals surface area contributed by atoms with Crippen molar-refractivity contribution in [2.24, 2.45) is 0 Å². The van der Waals surface area contributed by atoms with Crippen molar-refractivity contribution in [1.29, 1.82) is 0 Å². The second kappa shape index (κ2) is 6.94. The van der Waals surface area contributed by atoms with Crippen molar-refractivity contribution in [2.45, 2.75) is 39.5 Å². The van der Waals surface area contributed by atoms with Crippen LogP contribution in [0.4, 0.5) is 0 Å². The summed E-state index contributed by atoms with van der Waals surface area (Å²) < 4.78 is 10.3. The molecule has 17 heavy (non-hydrogen) atoms. The van der Waals surface area contributed by atoms with Crippen molar-refractivity contribution in [1.82, 2.24) is 0 Å². The molecule has 0 radical (unpaired) electrons. The van der Waals surface area contributed by atoms with Crippen LogP contribution in [0.5, 0.6) is 11.5 Å². The lowest BCUT2D eigenvalue weighted by molar-refractivity contribution is -0.132. The predicted molar refractivity (Wildman–Crippen MR) is 67.5 cm³/mol. The van der Waals surface area contributed by atoms with E-state index in [2.05, 4.69) is 6.92 Å². The van der Waals surface area contributed by atoms with E-state index in [0.29, 0.717) is 11.5 Å². The van der Waals surface area contributed by atoms with Gasteiger partial charge in [0.15, 0.2) is 11.5 Å². The van der Waals surface area contributed by atoms with Gasteiger partial charge >= 0.3 is 5.97 Å². The molecule has 3 nitrogen and oxygen atoms in total. The van der Waals surface area contributed by atoms with Crippen LogP contribution < -0.4 is 9.47 Å². The number of carbonyl (C=O) groups excluding carboxylic acids is 1. The van der Waals surface area contributed by atoms with Gasteiger partial charge in [-0.1, -0.05) is 25.8 Å². The van der Waals surface area contributed by atoms with Crippen LogP contribution in [0.2, 0.25) is 0 Å². The molecule has 0 bridgehead atoms. The average Bonchev–Trinajstić information content (AvgIpc) is 2.30. The first kappa shape index (κ1) is 13.6. The number of aryl methyl sites for hydroxylation is 1. The van der Waals surface area contributed by atoms with Crippen molar-refractivity contribution in [3.8, 4) is 11.5 Å². The van der Waals surface area contributed by atoms with Crippen molar-refractivity contribution >= 4 is 5.97 Å². The van der Waals surface area contributed by atoms with E-state index in [1.165, 1.54) is 31.7 Å². The predicted octanol–water partition coefficient (Wildman–Crippen LogP) is 3.35. The van der Waals surface area contributed by atoms with Gasteiger partial charge in [-0.3, -0.25) is 4.79 Å². The molecule has 1 aromatic rings. The van der Waals surface area contributed by atoms with E-state index in [4.69, 9.17) is 9.47 Å². The Kier molecular flexibility index (Phi) is 5.53. The Morgan fingerprint density at radius 1 is 1.24 bits per heavy atom. The second-order valence-corrected chi connectivity index (χ2v) is 4.04. The maximum absolute atomic E-state index is 10.9. The SMILES string of the molecule is CCCCCc1ccc(OC(C)=O)c(OC)c1. The first-order chi connectivity index (χ1) is 8.17. The first-order valence-corrected chi connectivity index (χ1v) is 6.02. The van der Waals surface area contributed by atoms with Crippen molar-refractivity contribution in [2.75, 3.05) is 7.11 Å². The highest BCUT2D eigenvalue weighted by atomic mass is 16.6. The maximum atomic E-state index is 10.9. The molecule has 0 saturated heterocycles. The fourth-order valence-corrected chi connectivity index (χ4v) is 1.69. The van der Waals surface area contributed by atoms with Gasteiger partial charge in [-0.2, -0.15) is 0 Å². The Bertz CT molecular complexity index is 372. The highest BCUT2D eigenvalue weighted by molar-refractivity contribution is 5.70. The van der Waals surface area contributed by atoms with Gasteiger partial charge in [0.1, 0.15) is 0 Å². The quantitative estimate of drug-likeness (QED) is 0.431. The summed E-state index contributed by atoms with van der Waals surface area (Å²) in [6, 6.07) is 5.71. The van der Waals surface area contributed by atoms with Crippen molar-refractivity contribution in [3.63, 3.8) is 0 Å². The highest BCUT2D eigenvalue weighted by Crippen LogP contribution is 2.28. The number of hydrogen-bond donors (Lipinski definition) is 0. The molecule has 0 saturated carbocycles. The van der Waals surface area contributed by atoms with Crippen LogP contribution >= 0.6 is 0 Å². The lowest BCUT2D eigenvalue weighted by atomic mass is 10.1. The van der Waals surface area contributed by atoms with Crippen LogP contribution in [0.25, 0.3) is 0 Å². The standard InChI is InChI=1S/C14H20O3/c1-4-5-6-7-12-8-9-13(17-11(2)15)14(10-12)16-3/h8-10H,4-7H2,1-3H3. The minimum atomic E-state index is -0.331. The minimum Gasteiger partial charge on any atom is -0.493 e. The molecule has 0 aliphatic carbocycles. The summed E-state index contributed by atoms with van der Waals surface area (Å²) in [4.78, 5) is 10.9. The lowest BCUT2D eigenvalue weighted by Gasteiger charge is -2.09. The summed E-state index contributed by atoms with van der Waals surface area (Å²) >= 11 is 0. The van der Waals surface area contributed by atoms with E-state index >= 15 is 0 Å². The van der Waals surface area contributed by atoms with E-state index in [1.54, 1.807) is 13.2 Å². The molecule has 0 aliphatic rings. The normalized spacial score (nSPS) is 10.1. The van der Waals surface area contributed by atoms with Gasteiger partial charge in [-0.05, 0) is 30.5 Å². The van der Waals surface area contributed by atoms with Crippen LogP contribution in [0.15, 0.2) is 18.2 Å². The summed E-state index contributed by atoms with van der Waals surface area (Å²) in [5.74, 6) is 0.774. The molecule has 0 spiro atoms. The molecule has 3 heteroatoms. The Morgan fingerprint density at radius 3 is 2.59 bits per heavy atom. The third-order valence-electron chi connectivity index (χ3n) is 2.55. The van der Waals surface area contributed by atoms with E-state index in [1.807, 2.05) is 12.1 Å². The Labute approximate surface area is 103 Å². The van der Waals surface area contributed by atoms with Crippen LogP contribution in [-0.2, 0) is 11.2 Å². The zero-order valence-corrected chi connectivity index (χ0v) is 10.8. The van der Waals surface area contributed by atoms with E-state index < -0.39 is 0 Å². The Hall–Kier alpha value is -1.51. The average molecular weight is 236 g/mol. The number of unbranched alkanes of at least 4 members (excludes halogenated alkanes) is 2. The summed E-state index contributed by atoms with van der Waals surface area (Å²) in [7, 11) is 1.58. The topological polar surface area (TPSA) is 35.5 Å². The van der Waals surface area contributed by atoms with Gasteiger partial charge in [0.25, 0.3) is 0 Å². The fraction of sp³-hybridized carbons (Fsp3) is 0.500. The number of carbonyl (C=O) groups is 1. The molecule has 0 fully saturated rings. The van der Waals surface area contributed by atoms with E-state index in [-0.39, 0.29) is 5.97 Å². The van der Waals surface area contributed by atoms with Crippen molar-refractivity contribution < 1.29 is 14.3 Å². The van der Waals surface area contributed by atoms with E-state index in [9.17, 15) is 4.79 Å². The van der Waals surface area contributed by atoms with Gasteiger partial charge in [0, 0.05) is 6.92 Å². The van der Waals surface area contributed by atoms with Crippen LogP contribution in [0.3, 0.4) is 0 Å². The second-order valence-electron chi connectivity index (χ2n) is 4.04. The molecule has 0 aliphatic heterocycles. The number of hydrogen-bond acceptors (Lipinski definition) is 3. The van der Waals surface area contributed by atoms with Gasteiger partial charge < -0.3 is 9.47 Å². The smallest absolute Gasteiger partial charge is 0.308 e. The Morgan fingerprint density at radius 2 is 2.00 bits per heavy atom. The van der Waals surface area contributed by atoms with E-state index in [0.717, 1.165) is 6.42 Å². The molecule has 1 rings (SSSR count). The number of benzene rings is 1. The minimum absolute atomic E-state index is 0.331. The monoisotopic (exact) mass is 236 g/mol. The fourth-order valence-electron chi connectivity index (χ4n) is 1.69. The zero-order chi connectivity index (χ0) is 12.7. The molecular formula is C14H20O3.